The van der Waals surface area contributed by atoms with Crippen molar-refractivity contribution in [2.45, 2.75) is 40.0 Å². The molecule has 0 radical (unpaired) electrons. The van der Waals surface area contributed by atoms with Crippen LogP contribution >= 0.6 is 0 Å². The molecule has 1 aromatic heterocycles. The maximum absolute atomic E-state index is 13.2. The molecule has 9 heteroatoms. The molecule has 0 unspecified atom stereocenters. The molecule has 0 bridgehead atoms. The van der Waals surface area contributed by atoms with Gasteiger partial charge in [-0.2, -0.15) is 5.10 Å². The number of carbonyl (C=O) groups is 2. The molecule has 3 rings (SSSR count). The fourth-order valence-electron chi connectivity index (χ4n) is 3.70. The van der Waals surface area contributed by atoms with Crippen LogP contribution in [0.2, 0.25) is 0 Å². The van der Waals surface area contributed by atoms with Crippen LogP contribution in [0.3, 0.4) is 0 Å². The summed E-state index contributed by atoms with van der Waals surface area (Å²) in [6, 6.07) is 16.2. The molecule has 9 nitrogen and oxygen atoms in total. The minimum Gasteiger partial charge on any atom is -0.497 e. The second-order valence-electron chi connectivity index (χ2n) is 10.3. The monoisotopic (exact) mass is 507 g/mol. The molecule has 1 heterocycles. The summed E-state index contributed by atoms with van der Waals surface area (Å²) in [6.45, 7) is 10.5. The molecule has 3 amide bonds. The van der Waals surface area contributed by atoms with E-state index in [1.54, 1.807) is 37.1 Å². The standard InChI is InChI=1S/C28H37N5O4/c1-19(2)17-32(27(35)29-20-13-22(36-6)15-23(14-20)37-7)18-26(34)30-25-16-24(28(3,4)5)31-33(25)21-11-9-8-10-12-21/h8-16,19H,17-18H2,1-7H3,(H,29,35)(H,30,34). The van der Waals surface area contributed by atoms with Gasteiger partial charge in [-0.3, -0.25) is 4.79 Å². The van der Waals surface area contributed by atoms with Crippen LogP contribution < -0.4 is 20.1 Å². The Hall–Kier alpha value is -4.01. The van der Waals surface area contributed by atoms with Gasteiger partial charge in [0.25, 0.3) is 0 Å². The molecule has 3 aromatic rings. The minimum atomic E-state index is -0.397. The predicted octanol–water partition coefficient (Wildman–Crippen LogP) is 5.32. The number of hydrogen-bond donors (Lipinski definition) is 2. The van der Waals surface area contributed by atoms with E-state index in [9.17, 15) is 9.59 Å². The largest absolute Gasteiger partial charge is 0.497 e. The molecule has 0 spiro atoms. The summed E-state index contributed by atoms with van der Waals surface area (Å²) >= 11 is 0. The Morgan fingerprint density at radius 2 is 1.59 bits per heavy atom. The summed E-state index contributed by atoms with van der Waals surface area (Å²) in [5, 5.41) is 10.6. The highest BCUT2D eigenvalue weighted by molar-refractivity contribution is 5.97. The van der Waals surface area contributed by atoms with E-state index >= 15 is 0 Å². The van der Waals surface area contributed by atoms with Crippen molar-refractivity contribution < 1.29 is 19.1 Å². The third-order valence-corrected chi connectivity index (χ3v) is 5.56. The molecular formula is C28H37N5O4. The summed E-state index contributed by atoms with van der Waals surface area (Å²) in [7, 11) is 3.09. The number of para-hydroxylation sites is 1. The van der Waals surface area contributed by atoms with Gasteiger partial charge in [-0.1, -0.05) is 52.8 Å². The fourth-order valence-corrected chi connectivity index (χ4v) is 3.70. The average Bonchev–Trinajstić information content (AvgIpc) is 3.27. The molecule has 0 saturated heterocycles. The first kappa shape index (κ1) is 27.6. The minimum absolute atomic E-state index is 0.129. The highest BCUT2D eigenvalue weighted by Gasteiger charge is 2.23. The van der Waals surface area contributed by atoms with Crippen LogP contribution in [-0.4, -0.2) is 53.9 Å². The molecule has 0 aliphatic carbocycles. The molecule has 0 atom stereocenters. The number of methoxy groups -OCH3 is 2. The number of carbonyl (C=O) groups excluding carboxylic acids is 2. The number of hydrogen-bond acceptors (Lipinski definition) is 5. The lowest BCUT2D eigenvalue weighted by molar-refractivity contribution is -0.116. The smallest absolute Gasteiger partial charge is 0.322 e. The lowest BCUT2D eigenvalue weighted by Crippen LogP contribution is -2.42. The van der Waals surface area contributed by atoms with Crippen LogP contribution in [0, 0.1) is 5.92 Å². The van der Waals surface area contributed by atoms with Crippen molar-refractivity contribution in [1.82, 2.24) is 14.7 Å². The third-order valence-electron chi connectivity index (χ3n) is 5.56. The Morgan fingerprint density at radius 3 is 2.14 bits per heavy atom. The Bertz CT molecular complexity index is 1190. The van der Waals surface area contributed by atoms with Crippen LogP contribution in [0.1, 0.15) is 40.3 Å². The van der Waals surface area contributed by atoms with E-state index in [0.29, 0.717) is 29.5 Å². The van der Waals surface area contributed by atoms with Gasteiger partial charge >= 0.3 is 6.03 Å². The molecule has 0 aliphatic rings. The normalized spacial score (nSPS) is 11.2. The number of rotatable bonds is 9. The highest BCUT2D eigenvalue weighted by Crippen LogP contribution is 2.27. The second kappa shape index (κ2) is 11.8. The number of benzene rings is 2. The lowest BCUT2D eigenvalue weighted by Gasteiger charge is -2.24. The van der Waals surface area contributed by atoms with Crippen molar-refractivity contribution in [2.75, 3.05) is 37.9 Å². The quantitative estimate of drug-likeness (QED) is 0.409. The number of ether oxygens (including phenoxy) is 2. The van der Waals surface area contributed by atoms with E-state index in [0.717, 1.165) is 11.4 Å². The Labute approximate surface area is 218 Å². The SMILES string of the molecule is COc1cc(NC(=O)N(CC(=O)Nc2cc(C(C)(C)C)nn2-c2ccccc2)CC(C)C)cc(OC)c1. The van der Waals surface area contributed by atoms with Crippen LogP contribution in [-0.2, 0) is 10.2 Å². The van der Waals surface area contributed by atoms with E-state index in [1.807, 2.05) is 50.2 Å². The number of amides is 3. The van der Waals surface area contributed by atoms with Gasteiger partial charge in [0.1, 0.15) is 23.9 Å². The van der Waals surface area contributed by atoms with Gasteiger partial charge in [0, 0.05) is 41.9 Å². The van der Waals surface area contributed by atoms with Crippen LogP contribution in [0.25, 0.3) is 5.69 Å². The van der Waals surface area contributed by atoms with Gasteiger partial charge in [0.2, 0.25) is 5.91 Å². The maximum atomic E-state index is 13.2. The first-order chi connectivity index (χ1) is 17.5. The van der Waals surface area contributed by atoms with Crippen LogP contribution in [0.5, 0.6) is 11.5 Å². The van der Waals surface area contributed by atoms with Crippen molar-refractivity contribution in [3.8, 4) is 17.2 Å². The van der Waals surface area contributed by atoms with Crippen molar-refractivity contribution in [1.29, 1.82) is 0 Å². The lowest BCUT2D eigenvalue weighted by atomic mass is 9.92. The molecule has 37 heavy (non-hydrogen) atoms. The van der Waals surface area contributed by atoms with E-state index < -0.39 is 6.03 Å². The molecule has 2 aromatic carbocycles. The molecule has 0 aliphatic heterocycles. The zero-order valence-corrected chi connectivity index (χ0v) is 22.7. The Balaban J connectivity index is 1.81. The molecule has 0 saturated carbocycles. The number of urea groups is 1. The van der Waals surface area contributed by atoms with E-state index in [-0.39, 0.29) is 23.8 Å². The number of nitrogens with one attached hydrogen (secondary N) is 2. The van der Waals surface area contributed by atoms with Gasteiger partial charge in [-0.25, -0.2) is 9.48 Å². The Kier molecular flexibility index (Phi) is 8.81. The van der Waals surface area contributed by atoms with E-state index in [1.165, 1.54) is 4.90 Å². The zero-order valence-electron chi connectivity index (χ0n) is 22.7. The second-order valence-corrected chi connectivity index (χ2v) is 10.3. The van der Waals surface area contributed by atoms with Gasteiger partial charge in [0.15, 0.2) is 0 Å². The van der Waals surface area contributed by atoms with Crippen molar-refractivity contribution in [3.05, 3.63) is 60.3 Å². The summed E-state index contributed by atoms with van der Waals surface area (Å²) in [5.41, 5.74) is 1.97. The van der Waals surface area contributed by atoms with Gasteiger partial charge in [-0.05, 0) is 18.1 Å². The molecular weight excluding hydrogens is 470 g/mol. The van der Waals surface area contributed by atoms with Crippen molar-refractivity contribution in [2.24, 2.45) is 5.92 Å². The summed E-state index contributed by atoms with van der Waals surface area (Å²) < 4.78 is 12.3. The number of nitrogens with zero attached hydrogens (tertiary/aromatic N) is 3. The number of anilines is 2. The summed E-state index contributed by atoms with van der Waals surface area (Å²) in [5.74, 6) is 1.47. The van der Waals surface area contributed by atoms with Gasteiger partial charge in [0.05, 0.1) is 25.6 Å². The highest BCUT2D eigenvalue weighted by atomic mass is 16.5. The van der Waals surface area contributed by atoms with Gasteiger partial charge in [-0.15, -0.1) is 0 Å². The zero-order chi connectivity index (χ0) is 27.2. The third kappa shape index (κ3) is 7.49. The van der Waals surface area contributed by atoms with Gasteiger partial charge < -0.3 is 25.0 Å². The van der Waals surface area contributed by atoms with Crippen LogP contribution in [0.4, 0.5) is 16.3 Å². The molecule has 2 N–H and O–H groups in total. The molecule has 198 valence electrons. The topological polar surface area (TPSA) is 97.7 Å². The average molecular weight is 508 g/mol. The molecule has 0 fully saturated rings. The first-order valence-corrected chi connectivity index (χ1v) is 12.2. The van der Waals surface area contributed by atoms with E-state index in [2.05, 4.69) is 31.4 Å². The summed E-state index contributed by atoms with van der Waals surface area (Å²) in [4.78, 5) is 27.9. The number of aromatic nitrogens is 2. The van der Waals surface area contributed by atoms with Crippen molar-refractivity contribution >= 4 is 23.4 Å². The summed E-state index contributed by atoms with van der Waals surface area (Å²) in [6.07, 6.45) is 0. The predicted molar refractivity (Wildman–Crippen MR) is 146 cm³/mol. The van der Waals surface area contributed by atoms with Crippen molar-refractivity contribution in [3.63, 3.8) is 0 Å². The first-order valence-electron chi connectivity index (χ1n) is 12.2. The van der Waals surface area contributed by atoms with E-state index in [4.69, 9.17) is 14.6 Å². The Morgan fingerprint density at radius 1 is 0.973 bits per heavy atom. The maximum Gasteiger partial charge on any atom is 0.322 e. The fraction of sp³-hybridized carbons (Fsp3) is 0.393. The van der Waals surface area contributed by atoms with Crippen LogP contribution in [0.15, 0.2) is 54.6 Å².